The maximum Gasteiger partial charge on any atom is 0.289 e. The minimum Gasteiger partial charge on any atom is -0.494 e. The van der Waals surface area contributed by atoms with Crippen molar-refractivity contribution in [1.82, 2.24) is 9.80 Å². The van der Waals surface area contributed by atoms with Gasteiger partial charge in [-0.15, -0.1) is 0 Å². The topological polar surface area (TPSA) is 63.0 Å². The summed E-state index contributed by atoms with van der Waals surface area (Å²) in [7, 11) is 0. The van der Waals surface area contributed by atoms with Gasteiger partial charge in [-0.25, -0.2) is 0 Å². The molecular formula is C23H28N2O4. The molecule has 2 aromatic rings. The predicted octanol–water partition coefficient (Wildman–Crippen LogP) is 3.89. The van der Waals surface area contributed by atoms with Crippen LogP contribution in [0.3, 0.4) is 0 Å². The molecule has 29 heavy (non-hydrogen) atoms. The van der Waals surface area contributed by atoms with Crippen LogP contribution in [-0.4, -0.2) is 47.9 Å². The molecule has 1 aromatic carbocycles. The Bertz CT molecular complexity index is 823. The summed E-state index contributed by atoms with van der Waals surface area (Å²) >= 11 is 0. The summed E-state index contributed by atoms with van der Waals surface area (Å²) in [5.41, 5.74) is 1.17. The average Bonchev–Trinajstić information content (AvgIpc) is 3.46. The Labute approximate surface area is 171 Å². The van der Waals surface area contributed by atoms with Gasteiger partial charge in [-0.05, 0) is 62.4 Å². The van der Waals surface area contributed by atoms with Gasteiger partial charge in [0.25, 0.3) is 5.91 Å². The molecule has 0 N–H and O–H groups in total. The third-order valence-electron chi connectivity index (χ3n) is 5.98. The first-order chi connectivity index (χ1) is 14.2. The van der Waals surface area contributed by atoms with E-state index in [2.05, 4.69) is 12.1 Å². The highest BCUT2D eigenvalue weighted by atomic mass is 16.5. The van der Waals surface area contributed by atoms with E-state index in [1.54, 1.807) is 17.0 Å². The van der Waals surface area contributed by atoms with E-state index in [0.717, 1.165) is 25.1 Å². The minimum absolute atomic E-state index is 0.0149. The van der Waals surface area contributed by atoms with Crippen LogP contribution >= 0.6 is 0 Å². The van der Waals surface area contributed by atoms with Crippen molar-refractivity contribution >= 4 is 11.8 Å². The highest BCUT2D eigenvalue weighted by Gasteiger charge is 2.36. The Morgan fingerprint density at radius 2 is 1.83 bits per heavy atom. The number of rotatable bonds is 5. The second-order valence-corrected chi connectivity index (χ2v) is 7.74. The van der Waals surface area contributed by atoms with Gasteiger partial charge < -0.3 is 19.0 Å². The summed E-state index contributed by atoms with van der Waals surface area (Å²) in [5.74, 6) is 1.35. The number of piperidine rings is 1. The van der Waals surface area contributed by atoms with Crippen LogP contribution in [0.5, 0.6) is 5.75 Å². The van der Waals surface area contributed by atoms with Gasteiger partial charge in [-0.2, -0.15) is 0 Å². The lowest BCUT2D eigenvalue weighted by Crippen LogP contribution is -2.44. The summed E-state index contributed by atoms with van der Waals surface area (Å²) in [4.78, 5) is 29.5. The first-order valence-corrected chi connectivity index (χ1v) is 10.5. The Morgan fingerprint density at radius 3 is 2.48 bits per heavy atom. The minimum atomic E-state index is -0.0886. The monoisotopic (exact) mass is 396 g/mol. The fourth-order valence-electron chi connectivity index (χ4n) is 4.45. The van der Waals surface area contributed by atoms with Crippen molar-refractivity contribution in [1.29, 1.82) is 0 Å². The van der Waals surface area contributed by atoms with Gasteiger partial charge in [0.1, 0.15) is 5.75 Å². The van der Waals surface area contributed by atoms with Crippen LogP contribution in [0.1, 0.15) is 54.8 Å². The molecule has 0 saturated carbocycles. The van der Waals surface area contributed by atoms with Crippen LogP contribution in [0.25, 0.3) is 0 Å². The fourth-order valence-corrected chi connectivity index (χ4v) is 4.45. The zero-order valence-electron chi connectivity index (χ0n) is 16.9. The number of carbonyl (C=O) groups is 2. The summed E-state index contributed by atoms with van der Waals surface area (Å²) in [6, 6.07) is 11.7. The number of amides is 2. The van der Waals surface area contributed by atoms with Crippen molar-refractivity contribution in [2.24, 2.45) is 5.92 Å². The molecule has 0 bridgehead atoms. The van der Waals surface area contributed by atoms with Gasteiger partial charge in [0.15, 0.2) is 5.76 Å². The molecule has 1 aromatic heterocycles. The van der Waals surface area contributed by atoms with Crippen molar-refractivity contribution in [2.75, 3.05) is 26.2 Å². The average molecular weight is 396 g/mol. The zero-order chi connectivity index (χ0) is 20.2. The standard InChI is InChI=1S/C23H28N2O4/c1-2-28-19-9-7-17(8-10-19)20-5-3-13-25(20)22(26)18-11-14-24(15-12-18)23(27)21-6-4-16-29-21/h4,6-10,16,18,20H,2-3,5,11-15H2,1H3/t20-/m0/s1. The van der Waals surface area contributed by atoms with Crippen LogP contribution in [0.4, 0.5) is 0 Å². The summed E-state index contributed by atoms with van der Waals surface area (Å²) in [6.45, 7) is 4.62. The van der Waals surface area contributed by atoms with E-state index in [-0.39, 0.29) is 23.8 Å². The first kappa shape index (κ1) is 19.6. The van der Waals surface area contributed by atoms with Gasteiger partial charge in [0, 0.05) is 25.6 Å². The molecule has 6 heteroatoms. The zero-order valence-corrected chi connectivity index (χ0v) is 16.9. The van der Waals surface area contributed by atoms with Crippen molar-refractivity contribution in [3.05, 3.63) is 54.0 Å². The number of furan rings is 1. The highest BCUT2D eigenvalue weighted by molar-refractivity contribution is 5.91. The largest absolute Gasteiger partial charge is 0.494 e. The maximum absolute atomic E-state index is 13.2. The van der Waals surface area contributed by atoms with E-state index in [1.807, 2.05) is 24.0 Å². The van der Waals surface area contributed by atoms with Gasteiger partial charge >= 0.3 is 0 Å². The number of hydrogen-bond acceptors (Lipinski definition) is 4. The molecule has 0 unspecified atom stereocenters. The fraction of sp³-hybridized carbons (Fsp3) is 0.478. The van der Waals surface area contributed by atoms with Crippen LogP contribution in [-0.2, 0) is 4.79 Å². The summed E-state index contributed by atoms with van der Waals surface area (Å²) < 4.78 is 10.7. The van der Waals surface area contributed by atoms with E-state index < -0.39 is 0 Å². The Balaban J connectivity index is 1.37. The number of benzene rings is 1. The molecule has 0 aliphatic carbocycles. The maximum atomic E-state index is 13.2. The molecule has 2 fully saturated rings. The second kappa shape index (κ2) is 8.72. The van der Waals surface area contributed by atoms with Crippen molar-refractivity contribution in [3.8, 4) is 5.75 Å². The van der Waals surface area contributed by atoms with Gasteiger partial charge in [-0.1, -0.05) is 12.1 Å². The number of ether oxygens (including phenoxy) is 1. The SMILES string of the molecule is CCOc1ccc([C@@H]2CCCN2C(=O)C2CCN(C(=O)c3ccco3)CC2)cc1. The highest BCUT2D eigenvalue weighted by Crippen LogP contribution is 2.35. The molecule has 2 aliphatic heterocycles. The molecule has 2 amide bonds. The van der Waals surface area contributed by atoms with Crippen molar-refractivity contribution < 1.29 is 18.7 Å². The molecule has 2 saturated heterocycles. The molecule has 154 valence electrons. The lowest BCUT2D eigenvalue weighted by molar-refractivity contribution is -0.137. The lowest BCUT2D eigenvalue weighted by atomic mass is 9.94. The van der Waals surface area contributed by atoms with Crippen molar-refractivity contribution in [2.45, 2.75) is 38.6 Å². The molecule has 4 rings (SSSR count). The van der Waals surface area contributed by atoms with Gasteiger partial charge in [0.05, 0.1) is 18.9 Å². The third kappa shape index (κ3) is 4.16. The van der Waals surface area contributed by atoms with E-state index >= 15 is 0 Å². The summed E-state index contributed by atoms with van der Waals surface area (Å²) in [6.07, 6.45) is 4.95. The molecule has 1 atom stereocenters. The second-order valence-electron chi connectivity index (χ2n) is 7.74. The molecule has 0 spiro atoms. The Kier molecular flexibility index (Phi) is 5.88. The molecular weight excluding hydrogens is 368 g/mol. The number of likely N-dealkylation sites (tertiary alicyclic amines) is 2. The predicted molar refractivity (Wildman–Crippen MR) is 109 cm³/mol. The van der Waals surface area contributed by atoms with Crippen LogP contribution in [0.15, 0.2) is 47.1 Å². The van der Waals surface area contributed by atoms with E-state index in [4.69, 9.17) is 9.15 Å². The quantitative estimate of drug-likeness (QED) is 0.769. The van der Waals surface area contributed by atoms with E-state index in [9.17, 15) is 9.59 Å². The van der Waals surface area contributed by atoms with Crippen molar-refractivity contribution in [3.63, 3.8) is 0 Å². The first-order valence-electron chi connectivity index (χ1n) is 10.5. The number of carbonyl (C=O) groups excluding carboxylic acids is 2. The number of nitrogens with zero attached hydrogens (tertiary/aromatic N) is 2. The molecule has 2 aliphatic rings. The van der Waals surface area contributed by atoms with Gasteiger partial charge in [0.2, 0.25) is 5.91 Å². The third-order valence-corrected chi connectivity index (χ3v) is 5.98. The Morgan fingerprint density at radius 1 is 1.07 bits per heavy atom. The lowest BCUT2D eigenvalue weighted by Gasteiger charge is -2.34. The van der Waals surface area contributed by atoms with Crippen LogP contribution in [0.2, 0.25) is 0 Å². The van der Waals surface area contributed by atoms with E-state index in [1.165, 1.54) is 11.8 Å². The smallest absolute Gasteiger partial charge is 0.289 e. The van der Waals surface area contributed by atoms with Crippen LogP contribution in [0, 0.1) is 5.92 Å². The van der Waals surface area contributed by atoms with Gasteiger partial charge in [-0.3, -0.25) is 9.59 Å². The molecule has 0 radical (unpaired) electrons. The van der Waals surface area contributed by atoms with E-state index in [0.29, 0.717) is 38.3 Å². The Hall–Kier alpha value is -2.76. The normalized spacial score (nSPS) is 20.1. The molecule has 3 heterocycles. The molecule has 6 nitrogen and oxygen atoms in total. The number of hydrogen-bond donors (Lipinski definition) is 0. The van der Waals surface area contributed by atoms with Crippen LogP contribution < -0.4 is 4.74 Å². The summed E-state index contributed by atoms with van der Waals surface area (Å²) in [5, 5.41) is 0.